The number of amides is 1. The number of aryl methyl sites for hydroxylation is 1. The summed E-state index contributed by atoms with van der Waals surface area (Å²) in [5.74, 6) is -0.254. The zero-order valence-electron chi connectivity index (χ0n) is 10.6. The molecule has 1 N–H and O–H groups in total. The van der Waals surface area contributed by atoms with Crippen molar-refractivity contribution in [3.63, 3.8) is 0 Å². The molecule has 19 heavy (non-hydrogen) atoms. The zero-order chi connectivity index (χ0) is 13.7. The number of pyridine rings is 2. The third-order valence-corrected chi connectivity index (χ3v) is 2.97. The van der Waals surface area contributed by atoms with Gasteiger partial charge in [0.2, 0.25) is 0 Å². The van der Waals surface area contributed by atoms with Crippen LogP contribution in [0, 0.1) is 0 Å². The van der Waals surface area contributed by atoms with Gasteiger partial charge in [-0.3, -0.25) is 14.8 Å². The molecule has 2 rings (SSSR count). The lowest BCUT2D eigenvalue weighted by Crippen LogP contribution is -2.24. The van der Waals surface area contributed by atoms with Gasteiger partial charge >= 0.3 is 0 Å². The van der Waals surface area contributed by atoms with Crippen molar-refractivity contribution < 1.29 is 4.79 Å². The third kappa shape index (κ3) is 3.51. The first-order valence-electron chi connectivity index (χ1n) is 6.03. The smallest absolute Gasteiger partial charge is 0.270 e. The molecule has 0 atom stereocenters. The Labute approximate surface area is 116 Å². The van der Waals surface area contributed by atoms with Gasteiger partial charge in [-0.15, -0.1) is 0 Å². The summed E-state index contributed by atoms with van der Waals surface area (Å²) in [5.41, 5.74) is 2.31. The van der Waals surface area contributed by atoms with Crippen molar-refractivity contribution in [1.82, 2.24) is 15.3 Å². The van der Waals surface area contributed by atoms with Crippen LogP contribution in [0.5, 0.6) is 0 Å². The molecule has 0 saturated heterocycles. The first-order valence-corrected chi connectivity index (χ1v) is 6.41. The summed E-state index contributed by atoms with van der Waals surface area (Å²) < 4.78 is 0. The van der Waals surface area contributed by atoms with Gasteiger partial charge in [-0.25, -0.2) is 0 Å². The largest absolute Gasteiger partial charge is 0.345 e. The second kappa shape index (κ2) is 6.29. The topological polar surface area (TPSA) is 54.9 Å². The van der Waals surface area contributed by atoms with Crippen LogP contribution in [0.15, 0.2) is 36.7 Å². The minimum absolute atomic E-state index is 0.254. The van der Waals surface area contributed by atoms with Gasteiger partial charge in [-0.05, 0) is 30.2 Å². The molecule has 0 fully saturated rings. The quantitative estimate of drug-likeness (QED) is 0.933. The molecular formula is C14H14ClN3O. The summed E-state index contributed by atoms with van der Waals surface area (Å²) in [6.07, 6.45) is 4.11. The van der Waals surface area contributed by atoms with Gasteiger partial charge in [0.15, 0.2) is 0 Å². The van der Waals surface area contributed by atoms with Crippen LogP contribution in [0.4, 0.5) is 0 Å². The summed E-state index contributed by atoms with van der Waals surface area (Å²) >= 11 is 5.82. The van der Waals surface area contributed by atoms with Crippen molar-refractivity contribution in [2.24, 2.45) is 0 Å². The molecule has 4 nitrogen and oxygen atoms in total. The van der Waals surface area contributed by atoms with Crippen molar-refractivity contribution >= 4 is 17.5 Å². The number of hydrogen-bond donors (Lipinski definition) is 1. The van der Waals surface area contributed by atoms with E-state index in [2.05, 4.69) is 22.2 Å². The molecule has 0 radical (unpaired) electrons. The maximum absolute atomic E-state index is 11.9. The van der Waals surface area contributed by atoms with E-state index < -0.39 is 0 Å². The highest BCUT2D eigenvalue weighted by atomic mass is 35.5. The second-order valence-electron chi connectivity index (χ2n) is 4.00. The van der Waals surface area contributed by atoms with Gasteiger partial charge in [-0.2, -0.15) is 0 Å². The SMILES string of the molecule is CCc1cccnc1CNC(=O)c1cc(Cl)ccn1. The number of rotatable bonds is 4. The molecule has 5 heteroatoms. The van der Waals surface area contributed by atoms with Gasteiger partial charge in [0.25, 0.3) is 5.91 Å². The second-order valence-corrected chi connectivity index (χ2v) is 4.44. The van der Waals surface area contributed by atoms with E-state index in [4.69, 9.17) is 11.6 Å². The summed E-state index contributed by atoms with van der Waals surface area (Å²) in [6, 6.07) is 7.07. The molecule has 98 valence electrons. The fourth-order valence-corrected chi connectivity index (χ4v) is 1.90. The molecule has 0 bridgehead atoms. The third-order valence-electron chi connectivity index (χ3n) is 2.74. The monoisotopic (exact) mass is 275 g/mol. The number of nitrogens with one attached hydrogen (secondary N) is 1. The summed E-state index contributed by atoms with van der Waals surface area (Å²) in [6.45, 7) is 2.44. The highest BCUT2D eigenvalue weighted by molar-refractivity contribution is 6.30. The minimum Gasteiger partial charge on any atom is -0.345 e. The molecule has 2 aromatic rings. The molecule has 0 saturated carbocycles. The molecule has 0 aliphatic carbocycles. The first-order chi connectivity index (χ1) is 9.20. The predicted octanol–water partition coefficient (Wildman–Crippen LogP) is 2.62. The molecule has 0 spiro atoms. The van der Waals surface area contributed by atoms with Crippen LogP contribution in [-0.4, -0.2) is 15.9 Å². The molecular weight excluding hydrogens is 262 g/mol. The van der Waals surface area contributed by atoms with E-state index in [0.717, 1.165) is 17.7 Å². The highest BCUT2D eigenvalue weighted by Crippen LogP contribution is 2.09. The molecule has 0 aromatic carbocycles. The summed E-state index contributed by atoms with van der Waals surface area (Å²) in [4.78, 5) is 20.2. The highest BCUT2D eigenvalue weighted by Gasteiger charge is 2.08. The maximum atomic E-state index is 11.9. The Morgan fingerprint density at radius 1 is 1.32 bits per heavy atom. The number of carbonyl (C=O) groups is 1. The fraction of sp³-hybridized carbons (Fsp3) is 0.214. The van der Waals surface area contributed by atoms with Crippen LogP contribution in [0.25, 0.3) is 0 Å². The molecule has 2 heterocycles. The number of carbonyl (C=O) groups excluding carboxylic acids is 1. The lowest BCUT2D eigenvalue weighted by Gasteiger charge is -2.08. The lowest BCUT2D eigenvalue weighted by atomic mass is 10.1. The van der Waals surface area contributed by atoms with Crippen LogP contribution in [-0.2, 0) is 13.0 Å². The Balaban J connectivity index is 2.04. The van der Waals surface area contributed by atoms with E-state index in [-0.39, 0.29) is 5.91 Å². The van der Waals surface area contributed by atoms with Gasteiger partial charge < -0.3 is 5.32 Å². The Morgan fingerprint density at radius 2 is 2.16 bits per heavy atom. The number of halogens is 1. The molecule has 1 amide bonds. The van der Waals surface area contributed by atoms with Crippen LogP contribution in [0.2, 0.25) is 5.02 Å². The summed E-state index contributed by atoms with van der Waals surface area (Å²) in [7, 11) is 0. The molecule has 0 aliphatic heterocycles. The molecule has 2 aromatic heterocycles. The zero-order valence-corrected chi connectivity index (χ0v) is 11.3. The fourth-order valence-electron chi connectivity index (χ4n) is 1.74. The standard InChI is InChI=1S/C14H14ClN3O/c1-2-10-4-3-6-16-13(10)9-18-14(19)12-8-11(15)5-7-17-12/h3-8H,2,9H2,1H3,(H,18,19). The van der Waals surface area contributed by atoms with Crippen LogP contribution >= 0.6 is 11.6 Å². The van der Waals surface area contributed by atoms with Crippen molar-refractivity contribution in [2.45, 2.75) is 19.9 Å². The van der Waals surface area contributed by atoms with Crippen molar-refractivity contribution in [2.75, 3.05) is 0 Å². The van der Waals surface area contributed by atoms with Gasteiger partial charge in [0.05, 0.1) is 12.2 Å². The molecule has 0 aliphatic rings. The van der Waals surface area contributed by atoms with Crippen LogP contribution < -0.4 is 5.32 Å². The van der Waals surface area contributed by atoms with Gasteiger partial charge in [-0.1, -0.05) is 24.6 Å². The van der Waals surface area contributed by atoms with E-state index in [0.29, 0.717) is 17.3 Å². The summed E-state index contributed by atoms with van der Waals surface area (Å²) in [5, 5.41) is 3.29. The average molecular weight is 276 g/mol. The van der Waals surface area contributed by atoms with Gasteiger partial charge in [0.1, 0.15) is 5.69 Å². The number of hydrogen-bond acceptors (Lipinski definition) is 3. The first kappa shape index (κ1) is 13.5. The van der Waals surface area contributed by atoms with Gasteiger partial charge in [0, 0.05) is 17.4 Å². The van der Waals surface area contributed by atoms with E-state index in [1.54, 1.807) is 12.3 Å². The Hall–Kier alpha value is -1.94. The van der Waals surface area contributed by atoms with E-state index in [9.17, 15) is 4.79 Å². The lowest BCUT2D eigenvalue weighted by molar-refractivity contribution is 0.0945. The van der Waals surface area contributed by atoms with E-state index in [1.165, 1.54) is 12.3 Å². The Morgan fingerprint density at radius 3 is 2.89 bits per heavy atom. The van der Waals surface area contributed by atoms with Crippen molar-refractivity contribution in [3.05, 3.63) is 58.6 Å². The van der Waals surface area contributed by atoms with Crippen LogP contribution in [0.3, 0.4) is 0 Å². The number of nitrogens with zero attached hydrogens (tertiary/aromatic N) is 2. The Kier molecular flexibility index (Phi) is 4.47. The van der Waals surface area contributed by atoms with Crippen molar-refractivity contribution in [3.8, 4) is 0 Å². The normalized spacial score (nSPS) is 10.2. The molecule has 0 unspecified atom stereocenters. The maximum Gasteiger partial charge on any atom is 0.270 e. The minimum atomic E-state index is -0.254. The van der Waals surface area contributed by atoms with Crippen LogP contribution in [0.1, 0.15) is 28.7 Å². The Bertz CT molecular complexity index is 586. The van der Waals surface area contributed by atoms with E-state index >= 15 is 0 Å². The predicted molar refractivity (Wildman–Crippen MR) is 74.0 cm³/mol. The van der Waals surface area contributed by atoms with Crippen molar-refractivity contribution in [1.29, 1.82) is 0 Å². The number of aromatic nitrogens is 2. The average Bonchev–Trinajstić information content (AvgIpc) is 2.45. The van der Waals surface area contributed by atoms with E-state index in [1.807, 2.05) is 12.1 Å².